The number of rotatable bonds is 6. The number of hydrogen-bond donors (Lipinski definition) is 1. The third-order valence-corrected chi connectivity index (χ3v) is 3.40. The third-order valence-electron chi connectivity index (χ3n) is 2.45. The molecule has 8 heteroatoms. The number of aliphatic carboxylic acids is 1. The van der Waals surface area contributed by atoms with E-state index >= 15 is 0 Å². The molecule has 0 aliphatic heterocycles. The van der Waals surface area contributed by atoms with Crippen molar-refractivity contribution in [2.45, 2.75) is 32.5 Å². The normalized spacial score (nSPS) is 11.2. The van der Waals surface area contributed by atoms with Crippen molar-refractivity contribution in [3.8, 4) is 11.5 Å². The summed E-state index contributed by atoms with van der Waals surface area (Å²) in [4.78, 5) is 10.7. The SMILES string of the molecule is Cc1cc(-c2nnc(SCC(=O)O)n2CC(C)C)no1. The standard InChI is InChI=1S/C12H16N4O3S/c1-7(2)5-16-11(9-4-8(3)19-15-9)13-14-12(16)20-6-10(17)18/h4,7H,5-6H2,1-3H3,(H,17,18). The molecular weight excluding hydrogens is 280 g/mol. The van der Waals surface area contributed by atoms with Crippen LogP contribution in [0.25, 0.3) is 11.5 Å². The summed E-state index contributed by atoms with van der Waals surface area (Å²) in [5, 5.41) is 21.5. The van der Waals surface area contributed by atoms with Crippen LogP contribution in [-0.4, -0.2) is 36.7 Å². The maximum Gasteiger partial charge on any atom is 0.313 e. The lowest BCUT2D eigenvalue weighted by atomic mass is 10.2. The Morgan fingerprint density at radius 2 is 2.25 bits per heavy atom. The number of hydrogen-bond acceptors (Lipinski definition) is 6. The lowest BCUT2D eigenvalue weighted by Crippen LogP contribution is -2.09. The molecule has 7 nitrogen and oxygen atoms in total. The van der Waals surface area contributed by atoms with Gasteiger partial charge in [-0.05, 0) is 12.8 Å². The molecule has 0 saturated heterocycles. The van der Waals surface area contributed by atoms with Crippen molar-refractivity contribution in [1.29, 1.82) is 0 Å². The van der Waals surface area contributed by atoms with Gasteiger partial charge in [-0.2, -0.15) is 0 Å². The second-order valence-corrected chi connectivity index (χ2v) is 5.76. The van der Waals surface area contributed by atoms with Gasteiger partial charge in [-0.25, -0.2) is 0 Å². The van der Waals surface area contributed by atoms with Gasteiger partial charge < -0.3 is 14.2 Å². The molecule has 0 atom stereocenters. The van der Waals surface area contributed by atoms with Gasteiger partial charge in [0.1, 0.15) is 5.76 Å². The van der Waals surface area contributed by atoms with Gasteiger partial charge in [0.15, 0.2) is 16.7 Å². The Hall–Kier alpha value is -1.83. The van der Waals surface area contributed by atoms with Crippen LogP contribution in [0.4, 0.5) is 0 Å². The Morgan fingerprint density at radius 1 is 1.50 bits per heavy atom. The predicted molar refractivity (Wildman–Crippen MR) is 73.5 cm³/mol. The summed E-state index contributed by atoms with van der Waals surface area (Å²) in [5.41, 5.74) is 0.609. The molecular formula is C12H16N4O3S. The van der Waals surface area contributed by atoms with Gasteiger partial charge in [-0.15, -0.1) is 10.2 Å². The van der Waals surface area contributed by atoms with E-state index in [-0.39, 0.29) is 5.75 Å². The Balaban J connectivity index is 2.33. The maximum atomic E-state index is 10.7. The molecule has 0 bridgehead atoms. The van der Waals surface area contributed by atoms with Crippen molar-refractivity contribution in [3.05, 3.63) is 11.8 Å². The molecule has 1 N–H and O–H groups in total. The zero-order valence-corrected chi connectivity index (χ0v) is 12.3. The van der Waals surface area contributed by atoms with Crippen LogP contribution >= 0.6 is 11.8 Å². The first-order chi connectivity index (χ1) is 9.47. The van der Waals surface area contributed by atoms with E-state index in [1.807, 2.05) is 4.57 Å². The summed E-state index contributed by atoms with van der Waals surface area (Å²) in [5.74, 6) is 0.741. The summed E-state index contributed by atoms with van der Waals surface area (Å²) >= 11 is 1.15. The highest BCUT2D eigenvalue weighted by Gasteiger charge is 2.18. The van der Waals surface area contributed by atoms with E-state index in [0.717, 1.165) is 11.8 Å². The highest BCUT2D eigenvalue weighted by atomic mass is 32.2. The third kappa shape index (κ3) is 3.38. The second-order valence-electron chi connectivity index (χ2n) is 4.82. The van der Waals surface area contributed by atoms with Crippen LogP contribution in [0.3, 0.4) is 0 Å². The maximum absolute atomic E-state index is 10.7. The number of aromatic nitrogens is 4. The minimum absolute atomic E-state index is 0.0475. The van der Waals surface area contributed by atoms with Crippen LogP contribution in [-0.2, 0) is 11.3 Å². The first kappa shape index (κ1) is 14.6. The van der Waals surface area contributed by atoms with Crippen molar-refractivity contribution in [3.63, 3.8) is 0 Å². The molecule has 0 unspecified atom stereocenters. The summed E-state index contributed by atoms with van der Waals surface area (Å²) in [6.45, 7) is 6.64. The number of nitrogens with zero attached hydrogens (tertiary/aromatic N) is 4. The monoisotopic (exact) mass is 296 g/mol. The van der Waals surface area contributed by atoms with Crippen LogP contribution in [0.2, 0.25) is 0 Å². The van der Waals surface area contributed by atoms with Crippen molar-refractivity contribution < 1.29 is 14.4 Å². The minimum Gasteiger partial charge on any atom is -0.481 e. The highest BCUT2D eigenvalue weighted by molar-refractivity contribution is 7.99. The lowest BCUT2D eigenvalue weighted by molar-refractivity contribution is -0.133. The smallest absolute Gasteiger partial charge is 0.313 e. The average Bonchev–Trinajstić information content (AvgIpc) is 2.93. The van der Waals surface area contributed by atoms with E-state index in [2.05, 4.69) is 29.2 Å². The predicted octanol–water partition coefficient (Wildman–Crippen LogP) is 2.07. The molecule has 2 rings (SSSR count). The largest absolute Gasteiger partial charge is 0.481 e. The Kier molecular flexibility index (Phi) is 4.43. The van der Waals surface area contributed by atoms with Crippen molar-refractivity contribution in [2.24, 2.45) is 5.92 Å². The van der Waals surface area contributed by atoms with Gasteiger partial charge in [-0.1, -0.05) is 30.8 Å². The van der Waals surface area contributed by atoms with E-state index in [9.17, 15) is 4.79 Å². The van der Waals surface area contributed by atoms with Crippen LogP contribution in [0.5, 0.6) is 0 Å². The second kappa shape index (κ2) is 6.08. The van der Waals surface area contributed by atoms with Crippen molar-refractivity contribution >= 4 is 17.7 Å². The zero-order chi connectivity index (χ0) is 14.7. The summed E-state index contributed by atoms with van der Waals surface area (Å²) in [6.07, 6.45) is 0. The zero-order valence-electron chi connectivity index (χ0n) is 11.5. The van der Waals surface area contributed by atoms with Crippen LogP contribution < -0.4 is 0 Å². The Bertz CT molecular complexity index is 606. The van der Waals surface area contributed by atoms with Gasteiger partial charge in [0, 0.05) is 12.6 Å². The molecule has 0 aromatic carbocycles. The fourth-order valence-electron chi connectivity index (χ4n) is 1.71. The Morgan fingerprint density at radius 3 is 2.80 bits per heavy atom. The first-order valence-electron chi connectivity index (χ1n) is 6.19. The fraction of sp³-hybridized carbons (Fsp3) is 0.500. The molecule has 108 valence electrons. The van der Waals surface area contributed by atoms with E-state index in [0.29, 0.717) is 34.9 Å². The Labute approximate surface area is 120 Å². The molecule has 0 fully saturated rings. The number of thioether (sulfide) groups is 1. The first-order valence-corrected chi connectivity index (χ1v) is 7.17. The number of aryl methyl sites for hydroxylation is 1. The minimum atomic E-state index is -0.882. The van der Waals surface area contributed by atoms with E-state index in [4.69, 9.17) is 9.63 Å². The molecule has 0 saturated carbocycles. The van der Waals surface area contributed by atoms with E-state index in [1.54, 1.807) is 13.0 Å². The molecule has 0 amide bonds. The van der Waals surface area contributed by atoms with Gasteiger partial charge in [0.25, 0.3) is 0 Å². The molecule has 2 heterocycles. The van der Waals surface area contributed by atoms with Gasteiger partial charge in [0.05, 0.1) is 5.75 Å². The molecule has 0 radical (unpaired) electrons. The highest BCUT2D eigenvalue weighted by Crippen LogP contribution is 2.24. The fourth-order valence-corrected chi connectivity index (χ4v) is 2.38. The topological polar surface area (TPSA) is 94.0 Å². The van der Waals surface area contributed by atoms with Gasteiger partial charge in [0.2, 0.25) is 0 Å². The van der Waals surface area contributed by atoms with Crippen LogP contribution in [0, 0.1) is 12.8 Å². The summed E-state index contributed by atoms with van der Waals surface area (Å²) < 4.78 is 6.94. The molecule has 2 aromatic rings. The van der Waals surface area contributed by atoms with E-state index < -0.39 is 5.97 Å². The quantitative estimate of drug-likeness (QED) is 0.815. The molecule has 0 spiro atoms. The molecule has 20 heavy (non-hydrogen) atoms. The van der Waals surface area contributed by atoms with Gasteiger partial charge >= 0.3 is 5.97 Å². The summed E-state index contributed by atoms with van der Waals surface area (Å²) in [7, 11) is 0. The number of carbonyl (C=O) groups is 1. The summed E-state index contributed by atoms with van der Waals surface area (Å²) in [6, 6.07) is 1.78. The number of carboxylic acid groups (broad SMARTS) is 1. The average molecular weight is 296 g/mol. The van der Waals surface area contributed by atoms with Gasteiger partial charge in [-0.3, -0.25) is 4.79 Å². The van der Waals surface area contributed by atoms with Crippen molar-refractivity contribution in [1.82, 2.24) is 19.9 Å². The van der Waals surface area contributed by atoms with Crippen LogP contribution in [0.1, 0.15) is 19.6 Å². The number of carboxylic acids is 1. The van der Waals surface area contributed by atoms with Crippen LogP contribution in [0.15, 0.2) is 15.7 Å². The van der Waals surface area contributed by atoms with Crippen molar-refractivity contribution in [2.75, 3.05) is 5.75 Å². The van der Waals surface area contributed by atoms with E-state index in [1.165, 1.54) is 0 Å². The molecule has 0 aliphatic carbocycles. The molecule has 2 aromatic heterocycles. The lowest BCUT2D eigenvalue weighted by Gasteiger charge is -2.10. The molecule has 0 aliphatic rings.